The van der Waals surface area contributed by atoms with Gasteiger partial charge in [-0.15, -0.1) is 5.10 Å². The highest BCUT2D eigenvalue weighted by molar-refractivity contribution is 5.52. The average Bonchev–Trinajstić information content (AvgIpc) is 2.39. The maximum absolute atomic E-state index is 9.04. The van der Waals surface area contributed by atoms with Crippen molar-refractivity contribution < 1.29 is 0 Å². The minimum atomic E-state index is 0.628. The third-order valence-corrected chi connectivity index (χ3v) is 3.60. The van der Waals surface area contributed by atoms with Gasteiger partial charge in [0.05, 0.1) is 11.8 Å². The van der Waals surface area contributed by atoms with Crippen molar-refractivity contribution in [1.29, 1.82) is 5.26 Å². The monoisotopic (exact) mass is 230 g/mol. The first-order valence-electron chi connectivity index (χ1n) is 6.19. The molecule has 1 aliphatic rings. The minimum Gasteiger partial charge on any atom is -0.354 e. The molecule has 0 bridgehead atoms. The largest absolute Gasteiger partial charge is 0.354 e. The first-order chi connectivity index (χ1) is 8.22. The van der Waals surface area contributed by atoms with Gasteiger partial charge in [0, 0.05) is 13.1 Å². The van der Waals surface area contributed by atoms with Crippen molar-refractivity contribution in [2.24, 2.45) is 11.8 Å². The molecule has 4 nitrogen and oxygen atoms in total. The van der Waals surface area contributed by atoms with Crippen LogP contribution in [0.1, 0.15) is 32.3 Å². The van der Waals surface area contributed by atoms with Gasteiger partial charge in [0.1, 0.15) is 6.07 Å². The van der Waals surface area contributed by atoms with Gasteiger partial charge >= 0.3 is 0 Å². The van der Waals surface area contributed by atoms with Crippen molar-refractivity contribution in [3.05, 3.63) is 17.8 Å². The summed E-state index contributed by atoms with van der Waals surface area (Å²) in [5.41, 5.74) is 0.628. The Morgan fingerprint density at radius 1 is 1.41 bits per heavy atom. The quantitative estimate of drug-likeness (QED) is 0.781. The molecule has 1 aromatic heterocycles. The third kappa shape index (κ3) is 2.55. The molecule has 1 aliphatic heterocycles. The van der Waals surface area contributed by atoms with Crippen molar-refractivity contribution in [2.45, 2.75) is 26.7 Å². The molecule has 2 rings (SSSR count). The van der Waals surface area contributed by atoms with Crippen LogP contribution in [0.25, 0.3) is 0 Å². The molecular formula is C13H18N4. The van der Waals surface area contributed by atoms with E-state index < -0.39 is 0 Å². The summed E-state index contributed by atoms with van der Waals surface area (Å²) in [6.07, 6.45) is 3.93. The second-order valence-electron chi connectivity index (χ2n) is 4.95. The van der Waals surface area contributed by atoms with Gasteiger partial charge in [-0.2, -0.15) is 10.4 Å². The lowest BCUT2D eigenvalue weighted by Crippen LogP contribution is -2.36. The van der Waals surface area contributed by atoms with E-state index in [2.05, 4.69) is 35.0 Å². The third-order valence-electron chi connectivity index (χ3n) is 3.60. The number of hydrogen-bond donors (Lipinski definition) is 0. The van der Waals surface area contributed by atoms with Crippen molar-refractivity contribution in [2.75, 3.05) is 18.0 Å². The molecule has 17 heavy (non-hydrogen) atoms. The molecule has 0 aliphatic carbocycles. The average molecular weight is 230 g/mol. The van der Waals surface area contributed by atoms with E-state index in [-0.39, 0.29) is 0 Å². The van der Waals surface area contributed by atoms with Crippen LogP contribution in [0.2, 0.25) is 0 Å². The molecule has 0 atom stereocenters. The molecule has 1 saturated heterocycles. The number of nitriles is 1. The predicted octanol–water partition coefficient (Wildman–Crippen LogP) is 2.22. The van der Waals surface area contributed by atoms with Gasteiger partial charge in [-0.3, -0.25) is 0 Å². The van der Waals surface area contributed by atoms with Crippen LogP contribution in [0.15, 0.2) is 12.3 Å². The van der Waals surface area contributed by atoms with Crippen LogP contribution in [-0.4, -0.2) is 23.3 Å². The van der Waals surface area contributed by atoms with Crippen LogP contribution in [0.5, 0.6) is 0 Å². The van der Waals surface area contributed by atoms with E-state index in [4.69, 9.17) is 5.26 Å². The first-order valence-corrected chi connectivity index (χ1v) is 6.19. The molecule has 4 heteroatoms. The molecule has 0 aromatic carbocycles. The topological polar surface area (TPSA) is 52.8 Å². The van der Waals surface area contributed by atoms with Crippen molar-refractivity contribution in [1.82, 2.24) is 10.2 Å². The Morgan fingerprint density at radius 2 is 2.12 bits per heavy atom. The highest BCUT2D eigenvalue weighted by Crippen LogP contribution is 2.27. The normalized spacial score (nSPS) is 17.2. The Morgan fingerprint density at radius 3 is 2.71 bits per heavy atom. The van der Waals surface area contributed by atoms with Crippen LogP contribution in [0.4, 0.5) is 5.82 Å². The fraction of sp³-hybridized carbons (Fsp3) is 0.615. The summed E-state index contributed by atoms with van der Waals surface area (Å²) in [6, 6.07) is 3.92. The number of piperidine rings is 1. The Kier molecular flexibility index (Phi) is 3.58. The SMILES string of the molecule is CC(C)C1CCN(c2nnccc2C#N)CC1. The van der Waals surface area contributed by atoms with Gasteiger partial charge in [0.15, 0.2) is 5.82 Å². The molecule has 90 valence electrons. The Labute approximate surface area is 102 Å². The van der Waals surface area contributed by atoms with Crippen LogP contribution in [-0.2, 0) is 0 Å². The van der Waals surface area contributed by atoms with E-state index in [1.54, 1.807) is 12.3 Å². The van der Waals surface area contributed by atoms with E-state index in [0.29, 0.717) is 5.56 Å². The summed E-state index contributed by atoms with van der Waals surface area (Å²) in [5.74, 6) is 2.29. The molecule has 0 saturated carbocycles. The van der Waals surface area contributed by atoms with Gasteiger partial charge < -0.3 is 4.90 Å². The predicted molar refractivity (Wildman–Crippen MR) is 66.5 cm³/mol. The number of rotatable bonds is 2. The highest BCUT2D eigenvalue weighted by Gasteiger charge is 2.23. The lowest BCUT2D eigenvalue weighted by molar-refractivity contribution is 0.310. The Hall–Kier alpha value is -1.63. The molecule has 1 fully saturated rings. The molecular weight excluding hydrogens is 212 g/mol. The zero-order valence-corrected chi connectivity index (χ0v) is 10.4. The molecule has 0 unspecified atom stereocenters. The highest BCUT2D eigenvalue weighted by atomic mass is 15.3. The number of nitrogens with zero attached hydrogens (tertiary/aromatic N) is 4. The van der Waals surface area contributed by atoms with Gasteiger partial charge in [-0.05, 0) is 30.7 Å². The molecule has 0 spiro atoms. The Balaban J connectivity index is 2.08. The van der Waals surface area contributed by atoms with Gasteiger partial charge in [-0.25, -0.2) is 0 Å². The van der Waals surface area contributed by atoms with Crippen LogP contribution >= 0.6 is 0 Å². The molecule has 0 N–H and O–H groups in total. The lowest BCUT2D eigenvalue weighted by atomic mass is 9.86. The van der Waals surface area contributed by atoms with Gasteiger partial charge in [0.25, 0.3) is 0 Å². The van der Waals surface area contributed by atoms with Crippen LogP contribution in [0, 0.1) is 23.2 Å². The minimum absolute atomic E-state index is 0.628. The first kappa shape index (κ1) is 11.8. The summed E-state index contributed by atoms with van der Waals surface area (Å²) in [4.78, 5) is 2.18. The standard InChI is InChI=1S/C13H18N4/c1-10(2)11-4-7-17(8-5-11)13-12(9-14)3-6-15-16-13/h3,6,10-11H,4-5,7-8H2,1-2H3. The number of hydrogen-bond acceptors (Lipinski definition) is 4. The summed E-state index contributed by atoms with van der Waals surface area (Å²) in [5, 5.41) is 17.0. The summed E-state index contributed by atoms with van der Waals surface area (Å²) >= 11 is 0. The van der Waals surface area contributed by atoms with Crippen molar-refractivity contribution in [3.8, 4) is 6.07 Å². The van der Waals surface area contributed by atoms with Gasteiger partial charge in [-0.1, -0.05) is 13.8 Å². The Bertz CT molecular complexity index is 414. The van der Waals surface area contributed by atoms with Crippen molar-refractivity contribution in [3.63, 3.8) is 0 Å². The van der Waals surface area contributed by atoms with E-state index >= 15 is 0 Å². The zero-order chi connectivity index (χ0) is 12.3. The fourth-order valence-corrected chi connectivity index (χ4v) is 2.42. The van der Waals surface area contributed by atoms with Crippen LogP contribution in [0.3, 0.4) is 0 Å². The van der Waals surface area contributed by atoms with Crippen LogP contribution < -0.4 is 4.90 Å². The molecule has 0 radical (unpaired) electrons. The molecule has 2 heterocycles. The molecule has 1 aromatic rings. The maximum atomic E-state index is 9.04. The summed E-state index contributed by atoms with van der Waals surface area (Å²) in [6.45, 7) is 6.53. The van der Waals surface area contributed by atoms with E-state index in [1.807, 2.05) is 0 Å². The second kappa shape index (κ2) is 5.13. The summed E-state index contributed by atoms with van der Waals surface area (Å²) in [7, 11) is 0. The van der Waals surface area contributed by atoms with Crippen molar-refractivity contribution >= 4 is 5.82 Å². The van der Waals surface area contributed by atoms with E-state index in [0.717, 1.165) is 30.7 Å². The number of aromatic nitrogens is 2. The maximum Gasteiger partial charge on any atom is 0.169 e. The van der Waals surface area contributed by atoms with Gasteiger partial charge in [0.2, 0.25) is 0 Å². The second-order valence-corrected chi connectivity index (χ2v) is 4.95. The smallest absolute Gasteiger partial charge is 0.169 e. The van der Waals surface area contributed by atoms with E-state index in [9.17, 15) is 0 Å². The number of anilines is 1. The molecule has 0 amide bonds. The van der Waals surface area contributed by atoms with E-state index in [1.165, 1.54) is 12.8 Å². The fourth-order valence-electron chi connectivity index (χ4n) is 2.42. The zero-order valence-electron chi connectivity index (χ0n) is 10.4. The summed E-state index contributed by atoms with van der Waals surface area (Å²) < 4.78 is 0. The lowest BCUT2D eigenvalue weighted by Gasteiger charge is -2.34.